The first-order chi connectivity index (χ1) is 13.2. The van der Waals surface area contributed by atoms with Gasteiger partial charge in [-0.2, -0.15) is 10.2 Å². The van der Waals surface area contributed by atoms with Crippen LogP contribution in [0.25, 0.3) is 0 Å². The average Bonchev–Trinajstić information content (AvgIpc) is 3.18. The van der Waals surface area contributed by atoms with Crippen molar-refractivity contribution in [2.75, 3.05) is 0 Å². The lowest BCUT2D eigenvalue weighted by Gasteiger charge is -2.31. The molecular formula is C21H28N4O2. The normalized spacial score (nSPS) is 32.7. The Morgan fingerprint density at radius 2 is 1.30 bits per heavy atom. The van der Waals surface area contributed by atoms with Gasteiger partial charge in [0.2, 0.25) is 11.8 Å². The zero-order valence-corrected chi connectivity index (χ0v) is 15.7. The Labute approximate surface area is 160 Å². The van der Waals surface area contributed by atoms with Crippen molar-refractivity contribution in [1.29, 1.82) is 0 Å². The van der Waals surface area contributed by atoms with Crippen molar-refractivity contribution >= 4 is 23.2 Å². The maximum absolute atomic E-state index is 11.8. The maximum atomic E-state index is 11.8. The average molecular weight is 368 g/mol. The molecule has 27 heavy (non-hydrogen) atoms. The molecule has 2 N–H and O–H groups in total. The van der Waals surface area contributed by atoms with Gasteiger partial charge in [0.05, 0.1) is 0 Å². The lowest BCUT2D eigenvalue weighted by atomic mass is 9.74. The molecule has 0 bridgehead atoms. The van der Waals surface area contributed by atoms with Crippen molar-refractivity contribution in [3.63, 3.8) is 0 Å². The molecule has 0 unspecified atom stereocenters. The van der Waals surface area contributed by atoms with E-state index < -0.39 is 0 Å². The Morgan fingerprint density at radius 3 is 1.74 bits per heavy atom. The van der Waals surface area contributed by atoms with Gasteiger partial charge in [-0.15, -0.1) is 0 Å². The van der Waals surface area contributed by atoms with Crippen LogP contribution in [0.1, 0.15) is 57.8 Å². The highest BCUT2D eigenvalue weighted by molar-refractivity contribution is 5.96. The van der Waals surface area contributed by atoms with E-state index in [2.05, 4.69) is 45.4 Å². The van der Waals surface area contributed by atoms with E-state index in [1.165, 1.54) is 0 Å². The summed E-state index contributed by atoms with van der Waals surface area (Å²) in [6.07, 6.45) is 16.4. The Kier molecular flexibility index (Phi) is 5.50. The number of allylic oxidation sites excluding steroid dienone is 4. The van der Waals surface area contributed by atoms with Crippen LogP contribution in [0.5, 0.6) is 0 Å². The number of carbonyl (C=O) groups is 2. The minimum atomic E-state index is -0.0343. The minimum Gasteiger partial charge on any atom is -0.273 e. The van der Waals surface area contributed by atoms with Gasteiger partial charge >= 0.3 is 0 Å². The zero-order chi connectivity index (χ0) is 18.6. The van der Waals surface area contributed by atoms with Crippen LogP contribution in [0.2, 0.25) is 0 Å². The molecule has 6 nitrogen and oxygen atoms in total. The van der Waals surface area contributed by atoms with Gasteiger partial charge in [0.1, 0.15) is 0 Å². The summed E-state index contributed by atoms with van der Waals surface area (Å²) in [7, 11) is 0. The SMILES string of the molecule is O=C(CCCCCC(=O)N/N=C1/C[C@@H]2CC=C[C@H]12)N/N=C1/C[C@@H]2CC=C[C@H]12. The molecule has 2 amide bonds. The van der Waals surface area contributed by atoms with Crippen LogP contribution in [-0.4, -0.2) is 23.2 Å². The van der Waals surface area contributed by atoms with Gasteiger partial charge < -0.3 is 0 Å². The van der Waals surface area contributed by atoms with Crippen molar-refractivity contribution in [3.8, 4) is 0 Å². The molecule has 4 aliphatic rings. The third-order valence-corrected chi connectivity index (χ3v) is 6.25. The quantitative estimate of drug-likeness (QED) is 0.392. The number of nitrogens with one attached hydrogen (secondary N) is 2. The number of carbonyl (C=O) groups excluding carboxylic acids is 2. The van der Waals surface area contributed by atoms with Gasteiger partial charge in [0.25, 0.3) is 0 Å². The van der Waals surface area contributed by atoms with E-state index in [4.69, 9.17) is 0 Å². The van der Waals surface area contributed by atoms with Crippen LogP contribution in [-0.2, 0) is 9.59 Å². The molecule has 0 aromatic rings. The fourth-order valence-corrected chi connectivity index (χ4v) is 4.45. The number of nitrogens with zero attached hydrogens (tertiary/aromatic N) is 2. The largest absolute Gasteiger partial charge is 0.273 e. The summed E-state index contributed by atoms with van der Waals surface area (Å²) in [6, 6.07) is 0. The van der Waals surface area contributed by atoms with E-state index in [9.17, 15) is 9.59 Å². The molecular weight excluding hydrogens is 340 g/mol. The second-order valence-electron chi connectivity index (χ2n) is 8.14. The second kappa shape index (κ2) is 8.19. The van der Waals surface area contributed by atoms with Gasteiger partial charge in [0, 0.05) is 36.1 Å². The summed E-state index contributed by atoms with van der Waals surface area (Å²) < 4.78 is 0. The lowest BCUT2D eigenvalue weighted by Crippen LogP contribution is -2.35. The molecule has 0 radical (unpaired) electrons. The summed E-state index contributed by atoms with van der Waals surface area (Å²) in [5.74, 6) is 2.29. The minimum absolute atomic E-state index is 0.0343. The number of hydrogen-bond donors (Lipinski definition) is 2. The highest BCUT2D eigenvalue weighted by atomic mass is 16.2. The van der Waals surface area contributed by atoms with Crippen molar-refractivity contribution in [3.05, 3.63) is 24.3 Å². The van der Waals surface area contributed by atoms with Crippen molar-refractivity contribution in [2.24, 2.45) is 33.9 Å². The number of rotatable bonds is 8. The van der Waals surface area contributed by atoms with Gasteiger partial charge in [-0.1, -0.05) is 30.7 Å². The topological polar surface area (TPSA) is 82.9 Å². The Morgan fingerprint density at radius 1 is 0.815 bits per heavy atom. The smallest absolute Gasteiger partial charge is 0.240 e. The molecule has 6 heteroatoms. The molecule has 0 heterocycles. The van der Waals surface area contributed by atoms with Gasteiger partial charge in [-0.05, 0) is 50.4 Å². The highest BCUT2D eigenvalue weighted by Gasteiger charge is 2.38. The predicted molar refractivity (Wildman–Crippen MR) is 105 cm³/mol. The van der Waals surface area contributed by atoms with Crippen LogP contribution >= 0.6 is 0 Å². The molecule has 0 aromatic heterocycles. The van der Waals surface area contributed by atoms with Crippen LogP contribution in [0.15, 0.2) is 34.5 Å². The number of hydrogen-bond acceptors (Lipinski definition) is 4. The highest BCUT2D eigenvalue weighted by Crippen LogP contribution is 2.40. The van der Waals surface area contributed by atoms with Crippen molar-refractivity contribution in [2.45, 2.75) is 57.8 Å². The fraction of sp³-hybridized carbons (Fsp3) is 0.619. The van der Waals surface area contributed by atoms with Gasteiger partial charge in [-0.3, -0.25) is 9.59 Å². The lowest BCUT2D eigenvalue weighted by molar-refractivity contribution is -0.121. The molecule has 2 fully saturated rings. The van der Waals surface area contributed by atoms with Crippen LogP contribution < -0.4 is 10.9 Å². The standard InChI is InChI=1S/C21H28N4O2/c26-20(24-22-18-12-14-6-4-8-16(14)18)10-2-1-3-11-21(27)25-23-19-13-15-7-5-9-17(15)19/h4-5,8-9,14-17H,1-3,6-7,10-13H2,(H,24,26)(H,25,27)/b22-18-,23-19-/t14-,15-,16-,17-/m0/s1. The second-order valence-corrected chi connectivity index (χ2v) is 8.14. The van der Waals surface area contributed by atoms with Crippen LogP contribution in [0.3, 0.4) is 0 Å². The first-order valence-corrected chi connectivity index (χ1v) is 10.2. The molecule has 144 valence electrons. The first kappa shape index (κ1) is 18.1. The Hall–Kier alpha value is -2.24. The molecule has 4 aliphatic carbocycles. The Balaban J connectivity index is 1.04. The summed E-state index contributed by atoms with van der Waals surface area (Å²) >= 11 is 0. The molecule has 0 spiro atoms. The van der Waals surface area contributed by atoms with Gasteiger partial charge in [-0.25, -0.2) is 10.9 Å². The summed E-state index contributed by atoms with van der Waals surface area (Å²) in [5.41, 5.74) is 7.55. The van der Waals surface area contributed by atoms with Crippen molar-refractivity contribution in [1.82, 2.24) is 10.9 Å². The predicted octanol–water partition coefficient (Wildman–Crippen LogP) is 3.07. The fourth-order valence-electron chi connectivity index (χ4n) is 4.45. The third kappa shape index (κ3) is 4.20. The van der Waals surface area contributed by atoms with E-state index in [0.717, 1.165) is 68.2 Å². The van der Waals surface area contributed by atoms with E-state index in [0.29, 0.717) is 24.7 Å². The molecule has 0 aromatic carbocycles. The first-order valence-electron chi connectivity index (χ1n) is 10.2. The maximum Gasteiger partial charge on any atom is 0.240 e. The van der Waals surface area contributed by atoms with E-state index >= 15 is 0 Å². The monoisotopic (exact) mass is 368 g/mol. The third-order valence-electron chi connectivity index (χ3n) is 6.25. The number of fused-ring (bicyclic) bond motifs is 2. The number of amides is 2. The number of hydrazone groups is 2. The summed E-state index contributed by atoms with van der Waals surface area (Å²) in [4.78, 5) is 23.7. The molecule has 2 saturated carbocycles. The van der Waals surface area contributed by atoms with E-state index in [1.807, 2.05) is 0 Å². The molecule has 4 rings (SSSR count). The molecule has 0 aliphatic heterocycles. The summed E-state index contributed by atoms with van der Waals surface area (Å²) in [6.45, 7) is 0. The van der Waals surface area contributed by atoms with Gasteiger partial charge in [0.15, 0.2) is 0 Å². The number of unbranched alkanes of at least 4 members (excludes halogenated alkanes) is 2. The van der Waals surface area contributed by atoms with E-state index in [-0.39, 0.29) is 11.8 Å². The molecule has 4 atom stereocenters. The molecule has 0 saturated heterocycles. The van der Waals surface area contributed by atoms with Crippen LogP contribution in [0.4, 0.5) is 0 Å². The van der Waals surface area contributed by atoms with Crippen molar-refractivity contribution < 1.29 is 9.59 Å². The van der Waals surface area contributed by atoms with Crippen LogP contribution in [0, 0.1) is 23.7 Å². The zero-order valence-electron chi connectivity index (χ0n) is 15.7. The Bertz CT molecular complexity index is 662. The summed E-state index contributed by atoms with van der Waals surface area (Å²) in [5, 5.41) is 8.52. The van der Waals surface area contributed by atoms with E-state index in [1.54, 1.807) is 0 Å².